The summed E-state index contributed by atoms with van der Waals surface area (Å²) in [5.41, 5.74) is 0.101. The monoisotopic (exact) mass is 264 g/mol. The molecule has 1 fully saturated rings. The molecule has 2 rings (SSSR count). The first-order valence-corrected chi connectivity index (χ1v) is 6.25. The minimum absolute atomic E-state index is 0.101. The van der Waals surface area contributed by atoms with Gasteiger partial charge in [0.2, 0.25) is 0 Å². The van der Waals surface area contributed by atoms with E-state index in [9.17, 15) is 9.59 Å². The van der Waals surface area contributed by atoms with Gasteiger partial charge in [-0.05, 0) is 31.9 Å². The quantitative estimate of drug-likeness (QED) is 0.887. The smallest absolute Gasteiger partial charge is 0.337 e. The van der Waals surface area contributed by atoms with Gasteiger partial charge in [-0.25, -0.2) is 9.78 Å². The Kier molecular flexibility index (Phi) is 4.11. The molecule has 0 radical (unpaired) electrons. The topological polar surface area (TPSA) is 79.7 Å². The van der Waals surface area contributed by atoms with Gasteiger partial charge in [0.05, 0.1) is 5.56 Å². The largest absolute Gasteiger partial charge is 0.478 e. The number of ether oxygens (including phenoxy) is 1. The molecule has 1 N–H and O–H groups in total. The van der Waals surface area contributed by atoms with E-state index in [1.165, 1.54) is 17.2 Å². The van der Waals surface area contributed by atoms with Crippen LogP contribution in [0.1, 0.15) is 30.1 Å². The Balaban J connectivity index is 2.16. The van der Waals surface area contributed by atoms with E-state index in [0.29, 0.717) is 19.0 Å². The van der Waals surface area contributed by atoms with Crippen LogP contribution < -0.4 is 4.90 Å². The molecule has 0 spiro atoms. The number of anilines is 1. The molecular weight excluding hydrogens is 248 g/mol. The van der Waals surface area contributed by atoms with E-state index < -0.39 is 12.1 Å². The summed E-state index contributed by atoms with van der Waals surface area (Å²) in [6.07, 6.45) is 2.46. The number of pyridine rings is 1. The number of aromatic nitrogens is 1. The van der Waals surface area contributed by atoms with Crippen molar-refractivity contribution in [2.45, 2.75) is 25.9 Å². The van der Waals surface area contributed by atoms with Gasteiger partial charge in [-0.2, -0.15) is 0 Å². The van der Waals surface area contributed by atoms with E-state index in [1.54, 1.807) is 6.07 Å². The van der Waals surface area contributed by atoms with Crippen molar-refractivity contribution in [3.8, 4) is 0 Å². The zero-order chi connectivity index (χ0) is 13.8. The van der Waals surface area contributed by atoms with Gasteiger partial charge in [-0.1, -0.05) is 0 Å². The van der Waals surface area contributed by atoms with Crippen LogP contribution in [0.5, 0.6) is 0 Å². The van der Waals surface area contributed by atoms with E-state index in [1.807, 2.05) is 6.92 Å². The van der Waals surface area contributed by atoms with Crippen LogP contribution in [0.25, 0.3) is 0 Å². The second-order valence-corrected chi connectivity index (χ2v) is 4.29. The molecule has 1 aromatic rings. The molecule has 102 valence electrons. The molecule has 0 aromatic carbocycles. The minimum Gasteiger partial charge on any atom is -0.478 e. The van der Waals surface area contributed by atoms with Crippen molar-refractivity contribution in [1.29, 1.82) is 0 Å². The SMILES string of the molecule is CCN(C(=O)C1CCCO1)c1ccc(C(=O)O)cn1. The summed E-state index contributed by atoms with van der Waals surface area (Å²) in [6.45, 7) is 2.93. The molecule has 19 heavy (non-hydrogen) atoms. The second kappa shape index (κ2) is 5.79. The fourth-order valence-electron chi connectivity index (χ4n) is 2.05. The number of carbonyl (C=O) groups excluding carboxylic acids is 1. The van der Waals surface area contributed by atoms with Gasteiger partial charge in [0.15, 0.2) is 0 Å². The van der Waals surface area contributed by atoms with E-state index in [-0.39, 0.29) is 11.5 Å². The van der Waals surface area contributed by atoms with Crippen molar-refractivity contribution in [1.82, 2.24) is 4.98 Å². The zero-order valence-electron chi connectivity index (χ0n) is 10.7. The lowest BCUT2D eigenvalue weighted by Crippen LogP contribution is -2.39. The maximum absolute atomic E-state index is 12.2. The standard InChI is InChI=1S/C13H16N2O4/c1-2-15(12(16)10-4-3-7-19-10)11-6-5-9(8-14-11)13(17)18/h5-6,8,10H,2-4,7H2,1H3,(H,17,18). The van der Waals surface area contributed by atoms with Crippen LogP contribution in [0.15, 0.2) is 18.3 Å². The van der Waals surface area contributed by atoms with Crippen molar-refractivity contribution < 1.29 is 19.4 Å². The third kappa shape index (κ3) is 2.90. The number of rotatable bonds is 4. The van der Waals surface area contributed by atoms with Crippen molar-refractivity contribution in [2.24, 2.45) is 0 Å². The van der Waals surface area contributed by atoms with Crippen LogP contribution in [0.4, 0.5) is 5.82 Å². The number of nitrogens with zero attached hydrogens (tertiary/aromatic N) is 2. The van der Waals surface area contributed by atoms with E-state index in [4.69, 9.17) is 9.84 Å². The third-order valence-electron chi connectivity index (χ3n) is 3.06. The zero-order valence-corrected chi connectivity index (χ0v) is 10.7. The second-order valence-electron chi connectivity index (χ2n) is 4.29. The van der Waals surface area contributed by atoms with Crippen molar-refractivity contribution in [3.63, 3.8) is 0 Å². The third-order valence-corrected chi connectivity index (χ3v) is 3.06. The Morgan fingerprint density at radius 3 is 2.79 bits per heavy atom. The Morgan fingerprint density at radius 2 is 2.32 bits per heavy atom. The van der Waals surface area contributed by atoms with Gasteiger partial charge < -0.3 is 9.84 Å². The molecule has 1 aliphatic rings. The van der Waals surface area contributed by atoms with Gasteiger partial charge >= 0.3 is 5.97 Å². The molecule has 6 nitrogen and oxygen atoms in total. The summed E-state index contributed by atoms with van der Waals surface area (Å²) in [5, 5.41) is 8.81. The molecule has 1 aromatic heterocycles. The minimum atomic E-state index is -1.03. The van der Waals surface area contributed by atoms with E-state index >= 15 is 0 Å². The van der Waals surface area contributed by atoms with Gasteiger partial charge in [0.25, 0.3) is 5.91 Å². The molecule has 2 heterocycles. The Hall–Kier alpha value is -1.95. The van der Waals surface area contributed by atoms with Crippen molar-refractivity contribution in [3.05, 3.63) is 23.9 Å². The van der Waals surface area contributed by atoms with Crippen LogP contribution in [0.3, 0.4) is 0 Å². The van der Waals surface area contributed by atoms with Crippen LogP contribution in [0.2, 0.25) is 0 Å². The highest BCUT2D eigenvalue weighted by Crippen LogP contribution is 2.19. The summed E-state index contributed by atoms with van der Waals surface area (Å²) in [7, 11) is 0. The molecule has 6 heteroatoms. The number of hydrogen-bond acceptors (Lipinski definition) is 4. The molecule has 1 unspecified atom stereocenters. The number of carboxylic acids is 1. The number of likely N-dealkylation sites (N-methyl/N-ethyl adjacent to an activating group) is 1. The van der Waals surface area contributed by atoms with Crippen LogP contribution in [-0.2, 0) is 9.53 Å². The predicted molar refractivity (Wildman–Crippen MR) is 68.2 cm³/mol. The lowest BCUT2D eigenvalue weighted by atomic mass is 10.2. The van der Waals surface area contributed by atoms with Crippen molar-refractivity contribution >= 4 is 17.7 Å². The number of aromatic carboxylic acids is 1. The van der Waals surface area contributed by atoms with Crippen LogP contribution in [0, 0.1) is 0 Å². The number of carbonyl (C=O) groups is 2. The summed E-state index contributed by atoms with van der Waals surface area (Å²) in [6, 6.07) is 2.98. The first-order valence-electron chi connectivity index (χ1n) is 6.25. The van der Waals surface area contributed by atoms with Crippen molar-refractivity contribution in [2.75, 3.05) is 18.1 Å². The summed E-state index contributed by atoms with van der Waals surface area (Å²) in [5.74, 6) is -0.698. The van der Waals surface area contributed by atoms with Gasteiger partial charge in [0, 0.05) is 19.3 Å². The highest BCUT2D eigenvalue weighted by molar-refractivity contribution is 5.96. The van der Waals surface area contributed by atoms with E-state index in [0.717, 1.165) is 12.8 Å². The van der Waals surface area contributed by atoms with Gasteiger partial charge in [-0.3, -0.25) is 9.69 Å². The summed E-state index contributed by atoms with van der Waals surface area (Å²) >= 11 is 0. The molecule has 1 atom stereocenters. The number of carboxylic acid groups (broad SMARTS) is 1. The van der Waals surface area contributed by atoms with E-state index in [2.05, 4.69) is 4.98 Å². The highest BCUT2D eigenvalue weighted by Gasteiger charge is 2.28. The lowest BCUT2D eigenvalue weighted by Gasteiger charge is -2.22. The molecule has 1 amide bonds. The predicted octanol–water partition coefficient (Wildman–Crippen LogP) is 1.31. The Morgan fingerprint density at radius 1 is 1.53 bits per heavy atom. The normalized spacial score (nSPS) is 18.3. The Labute approximate surface area is 111 Å². The van der Waals surface area contributed by atoms with Gasteiger partial charge in [-0.15, -0.1) is 0 Å². The average Bonchev–Trinajstić information content (AvgIpc) is 2.94. The highest BCUT2D eigenvalue weighted by atomic mass is 16.5. The van der Waals surface area contributed by atoms with Crippen LogP contribution >= 0.6 is 0 Å². The maximum atomic E-state index is 12.2. The lowest BCUT2D eigenvalue weighted by molar-refractivity contribution is -0.127. The van der Waals surface area contributed by atoms with Gasteiger partial charge in [0.1, 0.15) is 11.9 Å². The van der Waals surface area contributed by atoms with Crippen LogP contribution in [-0.4, -0.2) is 41.2 Å². The molecular formula is C13H16N2O4. The first kappa shape index (κ1) is 13.5. The summed E-state index contributed by atoms with van der Waals surface area (Å²) in [4.78, 5) is 28.5. The summed E-state index contributed by atoms with van der Waals surface area (Å²) < 4.78 is 5.37. The fraction of sp³-hybridized carbons (Fsp3) is 0.462. The molecule has 1 saturated heterocycles. The molecule has 0 bridgehead atoms. The fourth-order valence-corrected chi connectivity index (χ4v) is 2.05. The molecule has 0 aliphatic carbocycles. The molecule has 1 aliphatic heterocycles. The Bertz CT molecular complexity index is 466. The number of amides is 1. The number of hydrogen-bond donors (Lipinski definition) is 1. The maximum Gasteiger partial charge on any atom is 0.337 e. The first-order chi connectivity index (χ1) is 9.13. The average molecular weight is 264 g/mol. The molecule has 0 saturated carbocycles.